The highest BCUT2D eigenvalue weighted by atomic mass is 19.1. The monoisotopic (exact) mass is 526 g/mol. The second-order valence-corrected chi connectivity index (χ2v) is 10.4. The molecule has 3 aliphatic heterocycles. The fourth-order valence-corrected chi connectivity index (χ4v) is 5.97. The molecular formula is C29H36F2N4O3. The molecule has 3 atom stereocenters. The maximum atomic E-state index is 14.9. The topological polar surface area (TPSA) is 77.1 Å². The normalized spacial score (nSPS) is 22.7. The van der Waals surface area contributed by atoms with Gasteiger partial charge in [0.25, 0.3) is 0 Å². The third-order valence-electron chi connectivity index (χ3n) is 7.89. The van der Waals surface area contributed by atoms with Crippen molar-refractivity contribution in [3.63, 3.8) is 0 Å². The van der Waals surface area contributed by atoms with E-state index < -0.39 is 24.4 Å². The Morgan fingerprint density at radius 1 is 1.13 bits per heavy atom. The number of hydrogen-bond donors (Lipinski definition) is 3. The van der Waals surface area contributed by atoms with Crippen molar-refractivity contribution in [1.29, 1.82) is 0 Å². The molecule has 7 nitrogen and oxygen atoms in total. The summed E-state index contributed by atoms with van der Waals surface area (Å²) >= 11 is 0. The number of carbonyl (C=O) groups excluding carboxylic acids is 1. The van der Waals surface area contributed by atoms with E-state index in [1.807, 2.05) is 41.4 Å². The van der Waals surface area contributed by atoms with Crippen molar-refractivity contribution in [1.82, 2.24) is 20.4 Å². The van der Waals surface area contributed by atoms with Crippen LogP contribution in [-0.4, -0.2) is 72.5 Å². The lowest BCUT2D eigenvalue weighted by Crippen LogP contribution is -2.60. The molecule has 2 fully saturated rings. The molecule has 9 heteroatoms. The first kappa shape index (κ1) is 26.6. The fourth-order valence-electron chi connectivity index (χ4n) is 5.97. The molecular weight excluding hydrogens is 490 g/mol. The molecule has 2 saturated heterocycles. The van der Waals surface area contributed by atoms with Crippen LogP contribution in [0.2, 0.25) is 0 Å². The van der Waals surface area contributed by atoms with E-state index >= 15 is 0 Å². The zero-order chi connectivity index (χ0) is 26.5. The van der Waals surface area contributed by atoms with Gasteiger partial charge in [-0.1, -0.05) is 30.3 Å². The van der Waals surface area contributed by atoms with Crippen LogP contribution in [0.4, 0.5) is 8.78 Å². The van der Waals surface area contributed by atoms with E-state index in [1.165, 1.54) is 6.07 Å². The molecule has 204 valence electrons. The average molecular weight is 527 g/mol. The Morgan fingerprint density at radius 3 is 2.63 bits per heavy atom. The van der Waals surface area contributed by atoms with Gasteiger partial charge < -0.3 is 30.3 Å². The van der Waals surface area contributed by atoms with Crippen molar-refractivity contribution in [2.45, 2.75) is 38.0 Å². The minimum Gasteiger partial charge on any atom is -0.387 e. The SMILES string of the molecule is O=C(CO)N(CC1CCNC1)C(C1CCOCC1)C1NC(c2cc(F)ccc2F)=CN1Cc1ccccc1. The van der Waals surface area contributed by atoms with E-state index in [0.29, 0.717) is 32.0 Å². The lowest BCUT2D eigenvalue weighted by atomic mass is 9.87. The average Bonchev–Trinajstić information content (AvgIpc) is 3.61. The molecule has 2 aromatic carbocycles. The number of amides is 1. The molecule has 0 aliphatic carbocycles. The van der Waals surface area contributed by atoms with Gasteiger partial charge in [0.15, 0.2) is 0 Å². The molecule has 3 N–H and O–H groups in total. The predicted octanol–water partition coefficient (Wildman–Crippen LogP) is 2.92. The molecule has 3 unspecified atom stereocenters. The number of ether oxygens (including phenoxy) is 1. The number of benzene rings is 2. The van der Waals surface area contributed by atoms with Crippen molar-refractivity contribution in [3.8, 4) is 0 Å². The molecule has 0 bridgehead atoms. The number of nitrogens with one attached hydrogen (secondary N) is 2. The highest BCUT2D eigenvalue weighted by molar-refractivity contribution is 5.78. The molecule has 2 aromatic rings. The van der Waals surface area contributed by atoms with E-state index in [4.69, 9.17) is 4.74 Å². The highest BCUT2D eigenvalue weighted by Crippen LogP contribution is 2.34. The molecule has 0 spiro atoms. The Bertz CT molecular complexity index is 1120. The Hall–Kier alpha value is -3.01. The third-order valence-corrected chi connectivity index (χ3v) is 7.89. The van der Waals surface area contributed by atoms with Crippen molar-refractivity contribution in [3.05, 3.63) is 77.5 Å². The van der Waals surface area contributed by atoms with Crippen LogP contribution in [0.25, 0.3) is 5.70 Å². The molecule has 3 heterocycles. The van der Waals surface area contributed by atoms with Gasteiger partial charge in [0, 0.05) is 38.1 Å². The summed E-state index contributed by atoms with van der Waals surface area (Å²) in [5.41, 5.74) is 1.68. The van der Waals surface area contributed by atoms with Crippen LogP contribution in [0.3, 0.4) is 0 Å². The lowest BCUT2D eigenvalue weighted by molar-refractivity contribution is -0.141. The molecule has 5 rings (SSSR count). The first-order valence-corrected chi connectivity index (χ1v) is 13.5. The van der Waals surface area contributed by atoms with E-state index in [2.05, 4.69) is 15.5 Å². The van der Waals surface area contributed by atoms with Crippen LogP contribution in [0.1, 0.15) is 30.4 Å². The van der Waals surface area contributed by atoms with Gasteiger partial charge in [-0.05, 0) is 68.0 Å². The van der Waals surface area contributed by atoms with E-state index in [1.54, 1.807) is 0 Å². The molecule has 1 amide bonds. The summed E-state index contributed by atoms with van der Waals surface area (Å²) in [5, 5.41) is 16.8. The molecule has 38 heavy (non-hydrogen) atoms. The smallest absolute Gasteiger partial charge is 0.248 e. The zero-order valence-corrected chi connectivity index (χ0v) is 21.5. The Labute approximate surface area is 222 Å². The number of rotatable bonds is 9. The van der Waals surface area contributed by atoms with Crippen LogP contribution in [0.5, 0.6) is 0 Å². The Balaban J connectivity index is 1.53. The summed E-state index contributed by atoms with van der Waals surface area (Å²) in [5.74, 6) is -0.970. The van der Waals surface area contributed by atoms with Crippen molar-refractivity contribution >= 4 is 11.6 Å². The maximum Gasteiger partial charge on any atom is 0.248 e. The van der Waals surface area contributed by atoms with Crippen LogP contribution in [-0.2, 0) is 16.1 Å². The Kier molecular flexibility index (Phi) is 8.56. The van der Waals surface area contributed by atoms with Crippen LogP contribution in [0, 0.1) is 23.5 Å². The van der Waals surface area contributed by atoms with Gasteiger partial charge in [-0.2, -0.15) is 0 Å². The summed E-state index contributed by atoms with van der Waals surface area (Å²) in [7, 11) is 0. The van der Waals surface area contributed by atoms with E-state index in [-0.39, 0.29) is 29.3 Å². The Morgan fingerprint density at radius 2 is 1.92 bits per heavy atom. The van der Waals surface area contributed by atoms with Gasteiger partial charge in [0.05, 0.1) is 11.7 Å². The second-order valence-electron chi connectivity index (χ2n) is 10.4. The number of carbonyl (C=O) groups is 1. The fraction of sp³-hybridized carbons (Fsp3) is 0.483. The van der Waals surface area contributed by atoms with Gasteiger partial charge in [-0.3, -0.25) is 4.79 Å². The zero-order valence-electron chi connectivity index (χ0n) is 21.5. The summed E-state index contributed by atoms with van der Waals surface area (Å²) < 4.78 is 34.7. The van der Waals surface area contributed by atoms with Crippen LogP contribution in [0.15, 0.2) is 54.7 Å². The first-order valence-electron chi connectivity index (χ1n) is 13.5. The van der Waals surface area contributed by atoms with Crippen LogP contribution < -0.4 is 10.6 Å². The highest BCUT2D eigenvalue weighted by Gasteiger charge is 2.43. The van der Waals surface area contributed by atoms with Crippen molar-refractivity contribution in [2.75, 3.05) is 39.5 Å². The minimum absolute atomic E-state index is 0.106. The number of aliphatic hydroxyl groups excluding tert-OH is 1. The summed E-state index contributed by atoms with van der Waals surface area (Å²) in [4.78, 5) is 17.2. The molecule has 0 aromatic heterocycles. The molecule has 3 aliphatic rings. The number of aliphatic hydroxyl groups is 1. The van der Waals surface area contributed by atoms with Crippen molar-refractivity contribution < 1.29 is 23.4 Å². The summed E-state index contributed by atoms with van der Waals surface area (Å²) in [6.45, 7) is 3.37. The first-order chi connectivity index (χ1) is 18.5. The molecule has 0 radical (unpaired) electrons. The van der Waals surface area contributed by atoms with Crippen molar-refractivity contribution in [2.24, 2.45) is 11.8 Å². The van der Waals surface area contributed by atoms with E-state index in [9.17, 15) is 18.7 Å². The third kappa shape index (κ3) is 6.00. The second kappa shape index (κ2) is 12.2. The van der Waals surface area contributed by atoms with Gasteiger partial charge in [-0.15, -0.1) is 0 Å². The number of hydrogen-bond acceptors (Lipinski definition) is 6. The quantitative estimate of drug-likeness (QED) is 0.467. The maximum absolute atomic E-state index is 14.9. The number of nitrogens with zero attached hydrogens (tertiary/aromatic N) is 2. The molecule has 0 saturated carbocycles. The minimum atomic E-state index is -0.579. The summed E-state index contributed by atoms with van der Waals surface area (Å²) in [6, 6.07) is 13.1. The van der Waals surface area contributed by atoms with Gasteiger partial charge >= 0.3 is 0 Å². The van der Waals surface area contributed by atoms with Gasteiger partial charge in [0.1, 0.15) is 24.4 Å². The number of halogens is 2. The lowest BCUT2D eigenvalue weighted by Gasteiger charge is -2.45. The predicted molar refractivity (Wildman–Crippen MR) is 140 cm³/mol. The van der Waals surface area contributed by atoms with Gasteiger partial charge in [0.2, 0.25) is 5.91 Å². The van der Waals surface area contributed by atoms with E-state index in [0.717, 1.165) is 50.0 Å². The standard InChI is InChI=1S/C29H36F2N4O3/c30-23-6-7-25(31)24(14-23)26-18-34(16-20-4-2-1-3-5-20)29(33-26)28(22-9-12-38-13-10-22)35(27(37)19-36)17-21-8-11-32-15-21/h1-7,14,18,21-22,28-29,32-33,36H,8-13,15-17,19H2. The van der Waals surface area contributed by atoms with Gasteiger partial charge in [-0.25, -0.2) is 8.78 Å². The summed E-state index contributed by atoms with van der Waals surface area (Å²) in [6.07, 6.45) is 3.93. The van der Waals surface area contributed by atoms with Crippen LogP contribution >= 0.6 is 0 Å². The largest absolute Gasteiger partial charge is 0.387 e.